The third-order valence-electron chi connectivity index (χ3n) is 8.91. The number of carboxylic acid groups (broad SMARTS) is 1. The van der Waals surface area contributed by atoms with E-state index in [1.54, 1.807) is 49.2 Å². The number of phenols is 1. The Bertz CT molecular complexity index is 1430. The van der Waals surface area contributed by atoms with Gasteiger partial charge in [-0.25, -0.2) is 4.79 Å². The van der Waals surface area contributed by atoms with E-state index in [0.29, 0.717) is 13.0 Å². The summed E-state index contributed by atoms with van der Waals surface area (Å²) in [5.74, 6) is 0.0245. The van der Waals surface area contributed by atoms with Crippen LogP contribution in [0.15, 0.2) is 65.6 Å². The third kappa shape index (κ3) is 7.12. The van der Waals surface area contributed by atoms with Crippen LogP contribution in [0, 0.1) is 0 Å². The van der Waals surface area contributed by atoms with Crippen molar-refractivity contribution in [3.05, 3.63) is 88.5 Å². The molecule has 0 amide bonds. The minimum atomic E-state index is -0.961. The minimum absolute atomic E-state index is 0. The average molecular weight is 613 g/mol. The van der Waals surface area contributed by atoms with Crippen LogP contribution in [0.2, 0.25) is 0 Å². The van der Waals surface area contributed by atoms with Gasteiger partial charge in [-0.15, -0.1) is 0 Å². The number of carbonyl (C=O) groups is 1. The summed E-state index contributed by atoms with van der Waals surface area (Å²) in [4.78, 5) is 17.0. The molecule has 3 aliphatic heterocycles. The van der Waals surface area contributed by atoms with E-state index >= 15 is 0 Å². The zero-order valence-corrected chi connectivity index (χ0v) is 28.1. The molecule has 2 atom stereocenters. The Balaban J connectivity index is 0.00000221. The Kier molecular flexibility index (Phi) is 10.8. The van der Waals surface area contributed by atoms with Gasteiger partial charge in [-0.2, -0.15) is 0 Å². The number of carboxylic acids is 1. The number of fused-ring (bicyclic) bond motifs is 1. The van der Waals surface area contributed by atoms with Crippen molar-refractivity contribution in [2.75, 3.05) is 46.4 Å². The molecule has 0 aliphatic carbocycles. The molecule has 0 radical (unpaired) electrons. The number of hydrogen-bond donors (Lipinski definition) is 2. The number of thioether (sulfide) groups is 1. The van der Waals surface area contributed by atoms with Crippen LogP contribution in [0.5, 0.6) is 11.5 Å². The fourth-order valence-corrected chi connectivity index (χ4v) is 8.30. The smallest absolute Gasteiger partial charge is 1.00 e. The summed E-state index contributed by atoms with van der Waals surface area (Å²) in [7, 11) is 1.74. The van der Waals surface area contributed by atoms with Gasteiger partial charge in [0.15, 0.2) is 4.93 Å². The van der Waals surface area contributed by atoms with E-state index in [1.165, 1.54) is 31.2 Å². The predicted molar refractivity (Wildman–Crippen MR) is 166 cm³/mol. The molecule has 3 aromatic carbocycles. The fraction of sp³-hybridized carbons (Fsp3) is 0.441. The molecule has 43 heavy (non-hydrogen) atoms. The molecule has 2 unspecified atom stereocenters. The average Bonchev–Trinajstić information content (AvgIpc) is 3.76. The van der Waals surface area contributed by atoms with Crippen molar-refractivity contribution in [1.82, 2.24) is 9.80 Å². The molecule has 0 bridgehead atoms. The van der Waals surface area contributed by atoms with Gasteiger partial charge < -0.3 is 26.0 Å². The zero-order valence-electron chi connectivity index (χ0n) is 26.3. The van der Waals surface area contributed by atoms with Gasteiger partial charge >= 0.3 is 35.5 Å². The molecule has 0 spiro atoms. The Morgan fingerprint density at radius 2 is 1.74 bits per heavy atom. The normalized spacial score (nSPS) is 21.9. The van der Waals surface area contributed by atoms with Crippen LogP contribution in [0.4, 0.5) is 0 Å². The van der Waals surface area contributed by atoms with Crippen LogP contribution in [-0.2, 0) is 22.6 Å². The van der Waals surface area contributed by atoms with Gasteiger partial charge in [0, 0.05) is 29.5 Å². The quantitative estimate of drug-likeness (QED) is 0.320. The van der Waals surface area contributed by atoms with Gasteiger partial charge in [-0.1, -0.05) is 42.1 Å². The fourth-order valence-electron chi connectivity index (χ4n) is 6.72. The molecule has 3 aliphatic rings. The van der Waals surface area contributed by atoms with Gasteiger partial charge in [-0.3, -0.25) is 4.90 Å². The number of rotatable bonds is 11. The molecule has 2 fully saturated rings. The Morgan fingerprint density at radius 1 is 1.00 bits per heavy atom. The number of hydrogen-bond acceptors (Lipinski definition) is 7. The molecule has 224 valence electrons. The van der Waals surface area contributed by atoms with E-state index in [4.69, 9.17) is 9.47 Å². The maximum absolute atomic E-state index is 12.0. The summed E-state index contributed by atoms with van der Waals surface area (Å²) in [5.41, 5.74) is 4.48. The molecule has 0 aromatic heterocycles. The Hall–Kier alpha value is -2.04. The van der Waals surface area contributed by atoms with Gasteiger partial charge in [0.2, 0.25) is 0 Å². The third-order valence-corrected chi connectivity index (χ3v) is 10.4. The van der Waals surface area contributed by atoms with E-state index in [2.05, 4.69) is 28.0 Å². The van der Waals surface area contributed by atoms with Crippen molar-refractivity contribution < 1.29 is 55.5 Å². The summed E-state index contributed by atoms with van der Waals surface area (Å²) in [6.45, 7) is 6.66. The van der Waals surface area contributed by atoms with Gasteiger partial charge in [0.1, 0.15) is 11.5 Å². The van der Waals surface area contributed by atoms with E-state index in [-0.39, 0.29) is 48.2 Å². The maximum Gasteiger partial charge on any atom is 1.00 e. The number of aromatic carboxylic acids is 1. The monoisotopic (exact) mass is 612 g/mol. The molecule has 0 saturated carbocycles. The van der Waals surface area contributed by atoms with Crippen molar-refractivity contribution in [2.45, 2.75) is 54.4 Å². The standard InChI is InChI=1S/C34H40N2O5S.Na.H/c1-40-31-20-24(9-10-26(31)23-36-15-4-5-16-36)19-30-29-12-11-28(37)22-32(29)42-34(30,41-18-17-35-13-2-3-14-35)27-8-6-7-25(21-27)33(38)39;;/h6-12,20-22,30,37H,2-5,13-19,23H2,1H3,(H,38,39);;/q;+1;-1. The SMILES string of the molecule is COc1cc(CC2c3ccc(O)cc3SC2(OCCN2CCCC2)c2cccc(C(=O)O)c2)ccc1CN1CCCC1.[H-].[Na+]. The van der Waals surface area contributed by atoms with Crippen LogP contribution in [-0.4, -0.2) is 72.4 Å². The molecular formula is C34H41N2NaO5S. The minimum Gasteiger partial charge on any atom is -1.00 e. The molecule has 3 heterocycles. The van der Waals surface area contributed by atoms with Crippen LogP contribution < -0.4 is 34.3 Å². The van der Waals surface area contributed by atoms with Crippen LogP contribution in [0.3, 0.4) is 0 Å². The second-order valence-corrected chi connectivity index (χ2v) is 12.9. The second-order valence-electron chi connectivity index (χ2n) is 11.7. The first-order valence-corrected chi connectivity index (χ1v) is 15.9. The van der Waals surface area contributed by atoms with E-state index < -0.39 is 10.9 Å². The summed E-state index contributed by atoms with van der Waals surface area (Å²) < 4.78 is 12.8. The number of nitrogens with zero attached hydrogens (tertiary/aromatic N) is 2. The van der Waals surface area contributed by atoms with Crippen LogP contribution in [0.25, 0.3) is 0 Å². The molecule has 6 rings (SSSR count). The predicted octanol–water partition coefficient (Wildman–Crippen LogP) is 3.21. The zero-order chi connectivity index (χ0) is 29.1. The summed E-state index contributed by atoms with van der Waals surface area (Å²) in [6.07, 6.45) is 5.59. The van der Waals surface area contributed by atoms with Crippen molar-refractivity contribution in [3.8, 4) is 11.5 Å². The second kappa shape index (κ2) is 14.4. The maximum atomic E-state index is 12.0. The van der Waals surface area contributed by atoms with Crippen molar-refractivity contribution >= 4 is 17.7 Å². The molecule has 2 saturated heterocycles. The molecule has 9 heteroatoms. The van der Waals surface area contributed by atoms with E-state index in [0.717, 1.165) is 66.6 Å². The topological polar surface area (TPSA) is 82.5 Å². The van der Waals surface area contributed by atoms with Gasteiger partial charge in [-0.05, 0) is 105 Å². The molecular weight excluding hydrogens is 571 g/mol. The van der Waals surface area contributed by atoms with Gasteiger partial charge in [0.25, 0.3) is 0 Å². The largest absolute Gasteiger partial charge is 1.00 e. The van der Waals surface area contributed by atoms with Gasteiger partial charge in [0.05, 0.1) is 19.3 Å². The van der Waals surface area contributed by atoms with E-state index in [1.807, 2.05) is 12.1 Å². The number of likely N-dealkylation sites (tertiary alicyclic amines) is 2. The first-order chi connectivity index (χ1) is 20.4. The summed E-state index contributed by atoms with van der Waals surface area (Å²) in [5, 5.41) is 20.3. The Morgan fingerprint density at radius 3 is 2.47 bits per heavy atom. The first-order valence-electron chi connectivity index (χ1n) is 15.1. The van der Waals surface area contributed by atoms with E-state index in [9.17, 15) is 15.0 Å². The molecule has 3 aromatic rings. The summed E-state index contributed by atoms with van der Waals surface area (Å²) in [6, 6.07) is 19.2. The van der Waals surface area contributed by atoms with Crippen molar-refractivity contribution in [3.63, 3.8) is 0 Å². The number of phenolic OH excluding ortho intramolecular Hbond substituents is 1. The number of methoxy groups -OCH3 is 1. The number of aromatic hydroxyl groups is 1. The van der Waals surface area contributed by atoms with Crippen LogP contribution in [0.1, 0.15) is 65.6 Å². The number of ether oxygens (including phenoxy) is 2. The molecule has 2 N–H and O–H groups in total. The summed E-state index contributed by atoms with van der Waals surface area (Å²) >= 11 is 1.58. The van der Waals surface area contributed by atoms with Crippen LogP contribution >= 0.6 is 11.8 Å². The molecule has 7 nitrogen and oxygen atoms in total. The van der Waals surface area contributed by atoms with Crippen molar-refractivity contribution in [2.24, 2.45) is 0 Å². The number of benzene rings is 3. The Labute approximate surface area is 282 Å². The van der Waals surface area contributed by atoms with Crippen molar-refractivity contribution in [1.29, 1.82) is 0 Å². The first kappa shape index (κ1) is 32.4.